The minimum absolute atomic E-state index is 0.183. The molecule has 1 aliphatic rings. The number of hydrogen-bond donors (Lipinski definition) is 1. The fourth-order valence-electron chi connectivity index (χ4n) is 2.43. The Morgan fingerprint density at radius 3 is 2.65 bits per heavy atom. The van der Waals surface area contributed by atoms with E-state index in [1.807, 2.05) is 0 Å². The van der Waals surface area contributed by atoms with Gasteiger partial charge in [0.15, 0.2) is 11.6 Å². The summed E-state index contributed by atoms with van der Waals surface area (Å²) in [5.74, 6) is -5.61. The van der Waals surface area contributed by atoms with Crippen LogP contribution in [0.25, 0.3) is 11.4 Å². The van der Waals surface area contributed by atoms with Crippen molar-refractivity contribution in [3.8, 4) is 11.4 Å². The maximum Gasteiger partial charge on any atom is 0.471 e. The highest BCUT2D eigenvalue weighted by Crippen LogP contribution is 2.31. The van der Waals surface area contributed by atoms with Crippen molar-refractivity contribution in [1.82, 2.24) is 15.5 Å². The van der Waals surface area contributed by atoms with Gasteiger partial charge in [0, 0.05) is 18.7 Å². The summed E-state index contributed by atoms with van der Waals surface area (Å²) in [4.78, 5) is 14.8. The lowest BCUT2D eigenvalue weighted by Gasteiger charge is -2.11. The molecule has 1 aliphatic heterocycles. The second-order valence-electron chi connectivity index (χ2n) is 5.54. The number of nitrogens with one attached hydrogen (secondary N) is 1. The molecule has 26 heavy (non-hydrogen) atoms. The number of rotatable bonds is 4. The quantitative estimate of drug-likeness (QED) is 0.830. The second kappa shape index (κ2) is 6.98. The van der Waals surface area contributed by atoms with Crippen LogP contribution in [0.1, 0.15) is 24.3 Å². The summed E-state index contributed by atoms with van der Waals surface area (Å²) in [5, 5.41) is 5.44. The van der Waals surface area contributed by atoms with Crippen LogP contribution < -0.4 is 5.32 Å². The van der Waals surface area contributed by atoms with Crippen LogP contribution >= 0.6 is 0 Å². The van der Waals surface area contributed by atoms with Gasteiger partial charge in [-0.15, -0.1) is 0 Å². The molecule has 0 saturated carbocycles. The van der Waals surface area contributed by atoms with E-state index in [1.54, 1.807) is 0 Å². The van der Waals surface area contributed by atoms with Crippen molar-refractivity contribution in [2.75, 3.05) is 6.61 Å². The summed E-state index contributed by atoms with van der Waals surface area (Å²) in [7, 11) is 0. The van der Waals surface area contributed by atoms with Gasteiger partial charge in [-0.1, -0.05) is 11.2 Å². The summed E-state index contributed by atoms with van der Waals surface area (Å²) in [6.07, 6.45) is -4.24. The van der Waals surface area contributed by atoms with Crippen LogP contribution in [0.4, 0.5) is 22.0 Å². The van der Waals surface area contributed by atoms with Gasteiger partial charge in [0.1, 0.15) is 6.10 Å². The first-order chi connectivity index (χ1) is 12.3. The average molecular weight is 377 g/mol. The number of carbonyl (C=O) groups excluding carboxylic acids is 1. The average Bonchev–Trinajstić information content (AvgIpc) is 3.27. The van der Waals surface area contributed by atoms with Crippen LogP contribution in [0.5, 0.6) is 0 Å². The molecule has 140 valence electrons. The largest absolute Gasteiger partial charge is 0.471 e. The Bertz CT molecular complexity index is 815. The Balaban J connectivity index is 1.76. The van der Waals surface area contributed by atoms with Crippen molar-refractivity contribution in [2.24, 2.45) is 0 Å². The topological polar surface area (TPSA) is 77.3 Å². The van der Waals surface area contributed by atoms with E-state index in [0.717, 1.165) is 18.6 Å². The summed E-state index contributed by atoms with van der Waals surface area (Å²) in [6, 6.07) is 2.13. The van der Waals surface area contributed by atoms with E-state index in [4.69, 9.17) is 4.74 Å². The number of benzene rings is 1. The fourth-order valence-corrected chi connectivity index (χ4v) is 2.43. The molecule has 1 unspecified atom stereocenters. The molecule has 0 radical (unpaired) electrons. The lowest BCUT2D eigenvalue weighted by atomic mass is 10.1. The van der Waals surface area contributed by atoms with Crippen LogP contribution in [-0.2, 0) is 22.3 Å². The molecule has 3 rings (SSSR count). The molecule has 1 saturated heterocycles. The highest BCUT2D eigenvalue weighted by molar-refractivity contribution is 5.80. The first-order valence-electron chi connectivity index (χ1n) is 7.55. The monoisotopic (exact) mass is 377 g/mol. The van der Waals surface area contributed by atoms with Gasteiger partial charge in [-0.2, -0.15) is 18.2 Å². The number of hydrogen-bond acceptors (Lipinski definition) is 5. The van der Waals surface area contributed by atoms with Crippen molar-refractivity contribution in [1.29, 1.82) is 0 Å². The minimum atomic E-state index is -4.90. The predicted molar refractivity (Wildman–Crippen MR) is 75.5 cm³/mol. The Labute approximate surface area is 143 Å². The third-order valence-corrected chi connectivity index (χ3v) is 3.75. The van der Waals surface area contributed by atoms with E-state index in [-0.39, 0.29) is 12.1 Å². The number of amides is 1. The SMILES string of the molecule is O=C(NCc1ccc(-c2noc(C(F)(F)F)n2)c(F)c1F)C1CCCO1. The summed E-state index contributed by atoms with van der Waals surface area (Å²) >= 11 is 0. The van der Waals surface area contributed by atoms with Crippen molar-refractivity contribution in [2.45, 2.75) is 31.7 Å². The van der Waals surface area contributed by atoms with Crippen LogP contribution in [0, 0.1) is 11.6 Å². The molecule has 2 heterocycles. The van der Waals surface area contributed by atoms with E-state index in [0.29, 0.717) is 13.0 Å². The number of alkyl halides is 3. The van der Waals surface area contributed by atoms with E-state index in [2.05, 4.69) is 20.0 Å². The summed E-state index contributed by atoms with van der Waals surface area (Å²) < 4.78 is 74.8. The van der Waals surface area contributed by atoms with Gasteiger partial charge in [0.2, 0.25) is 11.7 Å². The summed E-state index contributed by atoms with van der Waals surface area (Å²) in [6.45, 7) is 0.155. The van der Waals surface area contributed by atoms with Crippen molar-refractivity contribution in [3.05, 3.63) is 35.2 Å². The molecule has 1 atom stereocenters. The molecule has 0 bridgehead atoms. The van der Waals surface area contributed by atoms with Gasteiger partial charge in [0.25, 0.3) is 0 Å². The molecule has 1 aromatic carbocycles. The Kier molecular flexibility index (Phi) is 4.90. The van der Waals surface area contributed by atoms with Crippen molar-refractivity contribution in [3.63, 3.8) is 0 Å². The van der Waals surface area contributed by atoms with Gasteiger partial charge in [-0.25, -0.2) is 8.78 Å². The lowest BCUT2D eigenvalue weighted by molar-refractivity contribution is -0.159. The number of halogens is 5. The molecule has 1 fully saturated rings. The molecule has 11 heteroatoms. The van der Waals surface area contributed by atoms with Gasteiger partial charge in [-0.05, 0) is 18.9 Å². The number of nitrogens with zero attached hydrogens (tertiary/aromatic N) is 2. The molecule has 1 N–H and O–H groups in total. The normalized spacial score (nSPS) is 17.5. The molecule has 0 aliphatic carbocycles. The Morgan fingerprint density at radius 1 is 1.27 bits per heavy atom. The first kappa shape index (κ1) is 18.2. The predicted octanol–water partition coefficient (Wildman–Crippen LogP) is 2.83. The highest BCUT2D eigenvalue weighted by Gasteiger charge is 2.39. The zero-order valence-corrected chi connectivity index (χ0v) is 13.1. The van der Waals surface area contributed by atoms with Crippen LogP contribution in [0.15, 0.2) is 16.7 Å². The van der Waals surface area contributed by atoms with Gasteiger partial charge in [-0.3, -0.25) is 4.79 Å². The van der Waals surface area contributed by atoms with E-state index < -0.39 is 47.1 Å². The molecular weight excluding hydrogens is 365 g/mol. The third-order valence-electron chi connectivity index (χ3n) is 3.75. The molecule has 2 aromatic rings. The Morgan fingerprint density at radius 2 is 2.04 bits per heavy atom. The standard InChI is InChI=1S/C15H12F5N3O3/c16-10-7(6-21-13(24)9-2-1-5-25-9)3-4-8(11(10)17)12-22-14(26-23-12)15(18,19)20/h3-4,9H,1-2,5-6H2,(H,21,24). The lowest BCUT2D eigenvalue weighted by Crippen LogP contribution is -2.33. The van der Waals surface area contributed by atoms with Crippen LogP contribution in [0.2, 0.25) is 0 Å². The van der Waals surface area contributed by atoms with Gasteiger partial charge < -0.3 is 14.6 Å². The third kappa shape index (κ3) is 3.66. The minimum Gasteiger partial charge on any atom is -0.368 e. The zero-order chi connectivity index (χ0) is 18.9. The number of ether oxygens (including phenoxy) is 1. The Hall–Kier alpha value is -2.56. The summed E-state index contributed by atoms with van der Waals surface area (Å²) in [5.41, 5.74) is -0.770. The highest BCUT2D eigenvalue weighted by atomic mass is 19.4. The maximum absolute atomic E-state index is 14.2. The van der Waals surface area contributed by atoms with Gasteiger partial charge in [0.05, 0.1) is 5.56 Å². The molecular formula is C15H12F5N3O3. The zero-order valence-electron chi connectivity index (χ0n) is 13.1. The van der Waals surface area contributed by atoms with Crippen LogP contribution in [0.3, 0.4) is 0 Å². The van der Waals surface area contributed by atoms with E-state index >= 15 is 0 Å². The molecule has 0 spiro atoms. The van der Waals surface area contributed by atoms with E-state index in [9.17, 15) is 26.7 Å². The van der Waals surface area contributed by atoms with Crippen LogP contribution in [-0.4, -0.2) is 28.8 Å². The number of carbonyl (C=O) groups is 1. The fraction of sp³-hybridized carbons (Fsp3) is 0.400. The molecule has 1 amide bonds. The second-order valence-corrected chi connectivity index (χ2v) is 5.54. The number of aromatic nitrogens is 2. The first-order valence-corrected chi connectivity index (χ1v) is 7.55. The van der Waals surface area contributed by atoms with Gasteiger partial charge >= 0.3 is 12.1 Å². The van der Waals surface area contributed by atoms with E-state index in [1.165, 1.54) is 0 Å². The smallest absolute Gasteiger partial charge is 0.368 e. The molecule has 6 nitrogen and oxygen atoms in total. The maximum atomic E-state index is 14.2. The van der Waals surface area contributed by atoms with Crippen molar-refractivity contribution < 1.29 is 36.0 Å². The van der Waals surface area contributed by atoms with Crippen molar-refractivity contribution >= 4 is 5.91 Å². The molecule has 1 aromatic heterocycles.